The fourth-order valence-corrected chi connectivity index (χ4v) is 2.88. The van der Waals surface area contributed by atoms with Crippen molar-refractivity contribution in [2.75, 3.05) is 13.6 Å². The molecular formula is C17H22N2O. The van der Waals surface area contributed by atoms with Crippen LogP contribution in [0.4, 0.5) is 0 Å². The van der Waals surface area contributed by atoms with Gasteiger partial charge < -0.3 is 0 Å². The normalized spacial score (nSPS) is 16.6. The van der Waals surface area contributed by atoms with E-state index in [1.807, 2.05) is 0 Å². The van der Waals surface area contributed by atoms with E-state index in [1.54, 1.807) is 24.3 Å². The fraction of sp³-hybridized carbons (Fsp3) is 0.529. The molecule has 0 N–H and O–H groups in total. The maximum absolute atomic E-state index is 12.3. The molecular weight excluding hydrogens is 248 g/mol. The smallest absolute Gasteiger partial charge is 0.176 e. The molecule has 3 heteroatoms. The number of nitriles is 1. The van der Waals surface area contributed by atoms with Gasteiger partial charge in [-0.1, -0.05) is 37.8 Å². The van der Waals surface area contributed by atoms with Crippen molar-refractivity contribution in [3.05, 3.63) is 35.4 Å². The molecule has 0 radical (unpaired) electrons. The molecule has 2 rings (SSSR count). The number of likely N-dealkylation sites (N-methyl/N-ethyl adjacent to an activating group) is 1. The standard InChI is InChI=1S/C17H22N2O/c1-19(16-6-4-2-3-5-7-16)13-17(20)15-10-8-14(12-18)9-11-15/h8-11,16H,2-7,13H2,1H3. The zero-order chi connectivity index (χ0) is 14.4. The SMILES string of the molecule is CN(CC(=O)c1ccc(C#N)cc1)C1CCCCCC1. The van der Waals surface area contributed by atoms with E-state index in [9.17, 15) is 4.79 Å². The molecule has 1 aliphatic rings. The average molecular weight is 270 g/mol. The van der Waals surface area contributed by atoms with Crippen LogP contribution < -0.4 is 0 Å². The van der Waals surface area contributed by atoms with Crippen molar-refractivity contribution in [2.45, 2.75) is 44.6 Å². The molecule has 1 aromatic carbocycles. The van der Waals surface area contributed by atoms with E-state index in [-0.39, 0.29) is 5.78 Å². The van der Waals surface area contributed by atoms with Gasteiger partial charge in [-0.15, -0.1) is 0 Å². The molecule has 106 valence electrons. The monoisotopic (exact) mass is 270 g/mol. The van der Waals surface area contributed by atoms with Gasteiger partial charge in [0.1, 0.15) is 0 Å². The third-order valence-corrected chi connectivity index (χ3v) is 4.18. The van der Waals surface area contributed by atoms with Crippen molar-refractivity contribution in [2.24, 2.45) is 0 Å². The number of nitrogens with zero attached hydrogens (tertiary/aromatic N) is 2. The van der Waals surface area contributed by atoms with Gasteiger partial charge >= 0.3 is 0 Å². The maximum atomic E-state index is 12.3. The van der Waals surface area contributed by atoms with Crippen LogP contribution in [0.2, 0.25) is 0 Å². The highest BCUT2D eigenvalue weighted by atomic mass is 16.1. The Hall–Kier alpha value is -1.66. The Kier molecular flexibility index (Phi) is 5.31. The summed E-state index contributed by atoms with van der Waals surface area (Å²) in [7, 11) is 2.05. The van der Waals surface area contributed by atoms with E-state index < -0.39 is 0 Å². The molecule has 3 nitrogen and oxygen atoms in total. The lowest BCUT2D eigenvalue weighted by molar-refractivity contribution is 0.0912. The first-order valence-corrected chi connectivity index (χ1v) is 7.44. The van der Waals surface area contributed by atoms with Crippen LogP contribution in [-0.4, -0.2) is 30.3 Å². The van der Waals surface area contributed by atoms with Crippen LogP contribution >= 0.6 is 0 Å². The van der Waals surface area contributed by atoms with Crippen LogP contribution in [0.5, 0.6) is 0 Å². The second-order valence-electron chi connectivity index (χ2n) is 5.67. The molecule has 1 aromatic rings. The molecule has 20 heavy (non-hydrogen) atoms. The minimum Gasteiger partial charge on any atom is -0.296 e. The minimum atomic E-state index is 0.140. The molecule has 0 atom stereocenters. The first-order valence-electron chi connectivity index (χ1n) is 7.44. The summed E-state index contributed by atoms with van der Waals surface area (Å²) in [6.07, 6.45) is 7.62. The van der Waals surface area contributed by atoms with Gasteiger partial charge in [-0.3, -0.25) is 9.69 Å². The summed E-state index contributed by atoms with van der Waals surface area (Å²) >= 11 is 0. The van der Waals surface area contributed by atoms with Crippen molar-refractivity contribution in [3.63, 3.8) is 0 Å². The number of Topliss-reactive ketones (excluding diaryl/α,β-unsaturated/α-hetero) is 1. The van der Waals surface area contributed by atoms with E-state index in [4.69, 9.17) is 5.26 Å². The van der Waals surface area contributed by atoms with Crippen LogP contribution in [0, 0.1) is 11.3 Å². The fourth-order valence-electron chi connectivity index (χ4n) is 2.88. The summed E-state index contributed by atoms with van der Waals surface area (Å²) in [5.74, 6) is 0.140. The van der Waals surface area contributed by atoms with Crippen LogP contribution in [0.1, 0.15) is 54.4 Å². The van der Waals surface area contributed by atoms with E-state index >= 15 is 0 Å². The van der Waals surface area contributed by atoms with E-state index in [0.29, 0.717) is 23.7 Å². The summed E-state index contributed by atoms with van der Waals surface area (Å²) in [6.45, 7) is 0.469. The maximum Gasteiger partial charge on any atom is 0.176 e. The number of rotatable bonds is 4. The average Bonchev–Trinajstić information content (AvgIpc) is 2.76. The molecule has 0 spiro atoms. The van der Waals surface area contributed by atoms with Crippen LogP contribution in [-0.2, 0) is 0 Å². The highest BCUT2D eigenvalue weighted by molar-refractivity contribution is 5.97. The Morgan fingerprint density at radius 1 is 1.20 bits per heavy atom. The summed E-state index contributed by atoms with van der Waals surface area (Å²) in [6, 6.07) is 9.53. The molecule has 0 unspecified atom stereocenters. The molecule has 0 aromatic heterocycles. The lowest BCUT2D eigenvalue weighted by Crippen LogP contribution is -2.35. The minimum absolute atomic E-state index is 0.140. The topological polar surface area (TPSA) is 44.1 Å². The van der Waals surface area contributed by atoms with E-state index in [0.717, 1.165) is 0 Å². The Morgan fingerprint density at radius 3 is 2.35 bits per heavy atom. The van der Waals surface area contributed by atoms with Crippen molar-refractivity contribution in [1.29, 1.82) is 5.26 Å². The van der Waals surface area contributed by atoms with Gasteiger partial charge in [0.05, 0.1) is 18.2 Å². The van der Waals surface area contributed by atoms with E-state index in [2.05, 4.69) is 18.0 Å². The summed E-state index contributed by atoms with van der Waals surface area (Å²) in [4.78, 5) is 14.5. The van der Waals surface area contributed by atoms with Gasteiger partial charge in [-0.2, -0.15) is 5.26 Å². The molecule has 1 saturated carbocycles. The van der Waals surface area contributed by atoms with Gasteiger partial charge in [-0.05, 0) is 32.0 Å². The Bertz CT molecular complexity index is 479. The number of hydrogen-bond donors (Lipinski definition) is 0. The second kappa shape index (κ2) is 7.21. The predicted octanol–water partition coefficient (Wildman–Crippen LogP) is 3.40. The van der Waals surface area contributed by atoms with E-state index in [1.165, 1.54) is 38.5 Å². The molecule has 0 saturated heterocycles. The van der Waals surface area contributed by atoms with Gasteiger partial charge in [0, 0.05) is 11.6 Å². The zero-order valence-electron chi connectivity index (χ0n) is 12.1. The van der Waals surface area contributed by atoms with Crippen LogP contribution in [0.3, 0.4) is 0 Å². The third kappa shape index (κ3) is 3.91. The Labute approximate surface area is 121 Å². The first kappa shape index (κ1) is 14.7. The number of benzene rings is 1. The zero-order valence-corrected chi connectivity index (χ0v) is 12.1. The van der Waals surface area contributed by atoms with Gasteiger partial charge in [-0.25, -0.2) is 0 Å². The number of carbonyl (C=O) groups excluding carboxylic acids is 1. The highest BCUT2D eigenvalue weighted by Crippen LogP contribution is 2.21. The Balaban J connectivity index is 1.93. The summed E-state index contributed by atoms with van der Waals surface area (Å²) < 4.78 is 0. The highest BCUT2D eigenvalue weighted by Gasteiger charge is 2.19. The molecule has 0 aliphatic heterocycles. The van der Waals surface area contributed by atoms with Crippen molar-refractivity contribution >= 4 is 5.78 Å². The third-order valence-electron chi connectivity index (χ3n) is 4.18. The van der Waals surface area contributed by atoms with Crippen molar-refractivity contribution in [3.8, 4) is 6.07 Å². The number of hydrogen-bond acceptors (Lipinski definition) is 3. The predicted molar refractivity (Wildman–Crippen MR) is 79.6 cm³/mol. The molecule has 0 heterocycles. The largest absolute Gasteiger partial charge is 0.296 e. The lowest BCUT2D eigenvalue weighted by Gasteiger charge is -2.26. The van der Waals surface area contributed by atoms with Gasteiger partial charge in [0.15, 0.2) is 5.78 Å². The number of carbonyl (C=O) groups is 1. The second-order valence-corrected chi connectivity index (χ2v) is 5.67. The van der Waals surface area contributed by atoms with Crippen LogP contribution in [0.15, 0.2) is 24.3 Å². The quantitative estimate of drug-likeness (QED) is 0.622. The van der Waals surface area contributed by atoms with Gasteiger partial charge in [0.2, 0.25) is 0 Å². The van der Waals surface area contributed by atoms with Gasteiger partial charge in [0.25, 0.3) is 0 Å². The summed E-state index contributed by atoms with van der Waals surface area (Å²) in [5, 5.41) is 8.77. The lowest BCUT2D eigenvalue weighted by atomic mass is 10.1. The summed E-state index contributed by atoms with van der Waals surface area (Å²) in [5.41, 5.74) is 1.29. The molecule has 0 amide bonds. The van der Waals surface area contributed by atoms with Crippen molar-refractivity contribution < 1.29 is 4.79 Å². The molecule has 1 fully saturated rings. The molecule has 0 bridgehead atoms. The van der Waals surface area contributed by atoms with Crippen molar-refractivity contribution in [1.82, 2.24) is 4.90 Å². The molecule has 1 aliphatic carbocycles. The van der Waals surface area contributed by atoms with Crippen LogP contribution in [0.25, 0.3) is 0 Å². The first-order chi connectivity index (χ1) is 9.70. The number of ketones is 1. The Morgan fingerprint density at radius 2 is 1.80 bits per heavy atom.